The zero-order valence-corrected chi connectivity index (χ0v) is 48.1. The van der Waals surface area contributed by atoms with Gasteiger partial charge in [-0.25, -0.2) is 0 Å². The van der Waals surface area contributed by atoms with Crippen LogP contribution in [0.25, 0.3) is 66.1 Å². The summed E-state index contributed by atoms with van der Waals surface area (Å²) in [4.78, 5) is 4.59. The molecule has 3 aliphatic rings. The van der Waals surface area contributed by atoms with Crippen molar-refractivity contribution in [3.8, 4) is 22.5 Å². The van der Waals surface area contributed by atoms with Crippen molar-refractivity contribution in [2.45, 2.75) is 57.8 Å². The largest absolute Gasteiger partial charge is 0.311 e. The number of anilines is 6. The number of hydrogen-bond acceptors (Lipinski definition) is 2. The fourth-order valence-electron chi connectivity index (χ4n) is 14.3. The summed E-state index contributed by atoms with van der Waals surface area (Å²) in [5, 5.41) is -0.211. The summed E-state index contributed by atoms with van der Waals surface area (Å²) in [5.74, 6) is 0. The predicted molar refractivity (Wildman–Crippen MR) is 364 cm³/mol. The van der Waals surface area contributed by atoms with Crippen molar-refractivity contribution >= 4 is 101 Å². The number of fused-ring (bicyclic) bond motifs is 16. The van der Waals surface area contributed by atoms with Crippen LogP contribution in [0.2, 0.25) is 0 Å². The molecule has 1 spiro atoms. The molecule has 0 N–H and O–H groups in total. The van der Waals surface area contributed by atoms with Crippen molar-refractivity contribution in [2.75, 3.05) is 9.80 Å². The Morgan fingerprint density at radius 1 is 0.349 bits per heavy atom. The molecule has 0 atom stereocenters. The first-order valence-electron chi connectivity index (χ1n) is 37.1. The molecule has 0 unspecified atom stereocenters. The highest BCUT2D eigenvalue weighted by Gasteiger charge is 2.56. The van der Waals surface area contributed by atoms with E-state index in [2.05, 4.69) is 142 Å². The Balaban J connectivity index is 1.09. The molecule has 14 aromatic rings. The molecular weight excluding hydrogens is 1040 g/mol. The Morgan fingerprint density at radius 3 is 1.38 bits per heavy atom. The Hall–Kier alpha value is -10.1. The van der Waals surface area contributed by atoms with Crippen LogP contribution in [-0.2, 0) is 16.2 Å². The minimum absolute atomic E-state index is 0.0251. The lowest BCUT2D eigenvalue weighted by molar-refractivity contribution is 0.587. The Kier molecular flexibility index (Phi) is 7.85. The van der Waals surface area contributed by atoms with Gasteiger partial charge < -0.3 is 18.9 Å². The van der Waals surface area contributed by atoms with Crippen molar-refractivity contribution in [1.82, 2.24) is 9.13 Å². The van der Waals surface area contributed by atoms with Crippen molar-refractivity contribution in [1.29, 1.82) is 0 Å². The Labute approximate surface area is 526 Å². The standard InChI is InChI=1S/C81H63BN4/c1-79(2,3)53-41-46-73(62(47-53)52-25-9-7-10-26-52)86-76-51-57(85-71-37-21-15-31-60(71)61-32-16-22-38-72(61)85)43-45-68(76)82-67-44-42-56(84-69-35-19-13-29-58(69)59-30-14-20-36-70(59)84)50-65(67)81(66-48-54(80(4,5)6)49-77(86)78(66)82)63-33-17-23-39-74(63)83(55-27-11-8-12-28-55)75-40-24-18-34-64(75)81/h7-51H,1-6H3/i13D,14D,15D,16D,19D,20D,21D,22D,29D,30D,31D,32D,35D,36D,37D,38D. The van der Waals surface area contributed by atoms with E-state index in [9.17, 15) is 13.7 Å². The summed E-state index contributed by atoms with van der Waals surface area (Å²) in [6, 6.07) is 52.3. The van der Waals surface area contributed by atoms with Crippen LogP contribution in [0.15, 0.2) is 273 Å². The number of rotatable bonds is 5. The maximum atomic E-state index is 9.75. The van der Waals surface area contributed by atoms with E-state index in [0.29, 0.717) is 17.1 Å². The second kappa shape index (κ2) is 18.5. The molecule has 3 aliphatic heterocycles. The van der Waals surface area contributed by atoms with Gasteiger partial charge in [0.15, 0.2) is 0 Å². The predicted octanol–water partition coefficient (Wildman–Crippen LogP) is 18.9. The van der Waals surface area contributed by atoms with Gasteiger partial charge in [0.2, 0.25) is 6.71 Å². The van der Waals surface area contributed by atoms with Gasteiger partial charge in [0, 0.05) is 55.5 Å². The van der Waals surface area contributed by atoms with Gasteiger partial charge in [-0.05, 0) is 152 Å². The van der Waals surface area contributed by atoms with E-state index in [-0.39, 0.29) is 49.0 Å². The topological polar surface area (TPSA) is 16.3 Å². The number of para-hydroxylation sites is 7. The minimum Gasteiger partial charge on any atom is -0.311 e. The zero-order valence-electron chi connectivity index (χ0n) is 64.1. The van der Waals surface area contributed by atoms with Crippen LogP contribution in [0, 0.1) is 0 Å². The molecule has 410 valence electrons. The quantitative estimate of drug-likeness (QED) is 0.160. The van der Waals surface area contributed by atoms with E-state index >= 15 is 0 Å². The third-order valence-corrected chi connectivity index (χ3v) is 18.2. The van der Waals surface area contributed by atoms with Gasteiger partial charge in [-0.2, -0.15) is 0 Å². The van der Waals surface area contributed by atoms with E-state index < -0.39 is 114 Å². The van der Waals surface area contributed by atoms with Crippen molar-refractivity contribution in [3.63, 3.8) is 0 Å². The molecule has 0 amide bonds. The molecule has 0 saturated heterocycles. The SMILES string of the molecule is [2H]c1c([2H])c([2H])c2c(c1[2H])c1c([2H])c([2H])c([2H])c([2H])c1n2-c1ccc2c(c1)N(c1ccc(C(C)(C)C)cc1-c1ccccc1)c1cc(C(C)(C)C)cc3c1B2c1ccc(-n2c4c([2H])c([2H])c([2H])c([2H])c4c4c([2H])c([2H])c([2H])c([2H])c42)cc1C31c2ccccc2N(c2ccccc2)c2ccccc21. The zero-order chi connectivity index (χ0) is 71.7. The smallest absolute Gasteiger partial charge is 0.247 e. The molecule has 0 bridgehead atoms. The van der Waals surface area contributed by atoms with Crippen molar-refractivity contribution in [2.24, 2.45) is 0 Å². The lowest BCUT2D eigenvalue weighted by atomic mass is 9.29. The molecule has 5 heterocycles. The van der Waals surface area contributed by atoms with Crippen LogP contribution in [0.5, 0.6) is 0 Å². The number of aromatic nitrogens is 2. The average Bonchev–Trinajstić information content (AvgIpc) is 1.10. The van der Waals surface area contributed by atoms with Crippen LogP contribution >= 0.6 is 0 Å². The lowest BCUT2D eigenvalue weighted by Gasteiger charge is -2.53. The molecular formula is C81H63BN4. The Bertz CT molecular complexity index is 5890. The van der Waals surface area contributed by atoms with Crippen LogP contribution in [-0.4, -0.2) is 15.8 Å². The molecule has 17 rings (SSSR count). The highest BCUT2D eigenvalue weighted by Crippen LogP contribution is 2.60. The van der Waals surface area contributed by atoms with Gasteiger partial charge in [-0.3, -0.25) is 0 Å². The summed E-state index contributed by atoms with van der Waals surface area (Å²) in [6.07, 6.45) is 0. The normalized spacial score (nSPS) is 16.6. The van der Waals surface area contributed by atoms with E-state index in [1.807, 2.05) is 84.9 Å². The highest BCUT2D eigenvalue weighted by atomic mass is 15.2. The molecule has 0 aliphatic carbocycles. The molecule has 0 fully saturated rings. The summed E-state index contributed by atoms with van der Waals surface area (Å²) in [6.45, 7) is 12.4. The molecule has 2 aromatic heterocycles. The second-order valence-corrected chi connectivity index (χ2v) is 24.9. The first-order chi connectivity index (χ1) is 48.6. The molecule has 86 heavy (non-hydrogen) atoms. The number of nitrogens with zero attached hydrogens (tertiary/aromatic N) is 4. The van der Waals surface area contributed by atoms with Gasteiger partial charge in [-0.1, -0.05) is 229 Å². The van der Waals surface area contributed by atoms with Crippen LogP contribution < -0.4 is 26.2 Å². The summed E-state index contributed by atoms with van der Waals surface area (Å²) >= 11 is 0. The third kappa shape index (κ3) is 7.12. The second-order valence-electron chi connectivity index (χ2n) is 24.9. The summed E-state index contributed by atoms with van der Waals surface area (Å²) < 4.78 is 152. The van der Waals surface area contributed by atoms with Gasteiger partial charge >= 0.3 is 0 Å². The fraction of sp³-hybridized carbons (Fsp3) is 0.111. The molecule has 0 saturated carbocycles. The van der Waals surface area contributed by atoms with Crippen LogP contribution in [0.3, 0.4) is 0 Å². The first-order valence-corrected chi connectivity index (χ1v) is 29.1. The molecule has 4 nitrogen and oxygen atoms in total. The minimum atomic E-state index is -1.31. The van der Waals surface area contributed by atoms with Gasteiger partial charge in [0.1, 0.15) is 0 Å². The third-order valence-electron chi connectivity index (χ3n) is 18.2. The monoisotopic (exact) mass is 1120 g/mol. The van der Waals surface area contributed by atoms with E-state index in [1.54, 1.807) is 9.13 Å². The van der Waals surface area contributed by atoms with Gasteiger partial charge in [-0.15, -0.1) is 0 Å². The highest BCUT2D eigenvalue weighted by molar-refractivity contribution is 6.99. The molecule has 0 radical (unpaired) electrons. The van der Waals surface area contributed by atoms with E-state index in [4.69, 9.17) is 8.22 Å². The maximum absolute atomic E-state index is 9.75. The summed E-state index contributed by atoms with van der Waals surface area (Å²) in [5.41, 5.74) is 13.2. The van der Waals surface area contributed by atoms with Gasteiger partial charge in [0.05, 0.1) is 66.5 Å². The lowest BCUT2D eigenvalue weighted by Crippen LogP contribution is -2.65. The van der Waals surface area contributed by atoms with Crippen molar-refractivity contribution < 1.29 is 21.9 Å². The molecule has 12 aromatic carbocycles. The molecule has 5 heteroatoms. The van der Waals surface area contributed by atoms with E-state index in [0.717, 1.165) is 89.3 Å². The van der Waals surface area contributed by atoms with Crippen LogP contribution in [0.4, 0.5) is 34.1 Å². The van der Waals surface area contributed by atoms with Crippen molar-refractivity contribution in [3.05, 3.63) is 306 Å². The Morgan fingerprint density at radius 2 is 0.837 bits per heavy atom. The average molecular weight is 1120 g/mol. The number of hydrogen-bond donors (Lipinski definition) is 0. The first kappa shape index (κ1) is 36.6. The fourth-order valence-corrected chi connectivity index (χ4v) is 14.3. The van der Waals surface area contributed by atoms with E-state index in [1.165, 1.54) is 0 Å². The number of benzene rings is 12. The van der Waals surface area contributed by atoms with Crippen LogP contribution in [0.1, 0.15) is 96.9 Å². The maximum Gasteiger partial charge on any atom is 0.247 e. The van der Waals surface area contributed by atoms with Gasteiger partial charge in [0.25, 0.3) is 0 Å². The summed E-state index contributed by atoms with van der Waals surface area (Å²) in [7, 11) is 0.